The van der Waals surface area contributed by atoms with E-state index in [-0.39, 0.29) is 42.6 Å². The van der Waals surface area contributed by atoms with Crippen molar-refractivity contribution in [2.75, 3.05) is 21.0 Å². The third-order valence-corrected chi connectivity index (χ3v) is 6.22. The lowest BCUT2D eigenvalue weighted by molar-refractivity contribution is -0.140. The Balaban J connectivity index is 1.79. The van der Waals surface area contributed by atoms with Crippen LogP contribution >= 0.6 is 0 Å². The van der Waals surface area contributed by atoms with Gasteiger partial charge in [-0.3, -0.25) is 9.59 Å². The predicted octanol–water partition coefficient (Wildman–Crippen LogP) is 2.95. The Hall–Kier alpha value is -4.34. The molecular formula is C26H27NO9. The van der Waals surface area contributed by atoms with Crippen LogP contribution < -0.4 is 19.8 Å². The molecule has 0 saturated carbocycles. The van der Waals surface area contributed by atoms with Gasteiger partial charge in [0, 0.05) is 18.2 Å². The third kappa shape index (κ3) is 4.74. The number of hydrogen-bond acceptors (Lipinski definition) is 9. The van der Waals surface area contributed by atoms with Crippen LogP contribution in [0, 0.1) is 6.92 Å². The molecule has 0 fully saturated rings. The van der Waals surface area contributed by atoms with Gasteiger partial charge in [0.1, 0.15) is 5.75 Å². The highest BCUT2D eigenvalue weighted by molar-refractivity contribution is 5.72. The maximum Gasteiger partial charge on any atom is 0.306 e. The topological polar surface area (TPSA) is 137 Å². The molecular weight excluding hydrogens is 470 g/mol. The van der Waals surface area contributed by atoms with Gasteiger partial charge in [0.15, 0.2) is 23.0 Å². The van der Waals surface area contributed by atoms with Crippen LogP contribution in [0.25, 0.3) is 0 Å². The van der Waals surface area contributed by atoms with E-state index in [9.17, 15) is 24.9 Å². The van der Waals surface area contributed by atoms with Crippen molar-refractivity contribution in [3.05, 3.63) is 69.1 Å². The number of fused-ring (bicyclic) bond motifs is 1. The van der Waals surface area contributed by atoms with Crippen molar-refractivity contribution in [3.63, 3.8) is 0 Å². The summed E-state index contributed by atoms with van der Waals surface area (Å²) in [6.07, 6.45) is 0.162. The van der Waals surface area contributed by atoms with E-state index in [0.29, 0.717) is 40.5 Å². The van der Waals surface area contributed by atoms with Gasteiger partial charge in [-0.05, 0) is 54.8 Å². The molecule has 1 aromatic heterocycles. The monoisotopic (exact) mass is 497 g/mol. The van der Waals surface area contributed by atoms with Gasteiger partial charge in [-0.25, -0.2) is 0 Å². The first kappa shape index (κ1) is 24.8. The van der Waals surface area contributed by atoms with Crippen LogP contribution in [-0.2, 0) is 22.5 Å². The minimum Gasteiger partial charge on any atom is -0.507 e. The number of ether oxygens (including phenoxy) is 4. The predicted molar refractivity (Wildman–Crippen MR) is 128 cm³/mol. The number of methoxy groups -OCH3 is 2. The first-order valence-electron chi connectivity index (χ1n) is 11.2. The van der Waals surface area contributed by atoms with Gasteiger partial charge in [0.25, 0.3) is 5.56 Å². The average Bonchev–Trinajstić information content (AvgIpc) is 3.33. The van der Waals surface area contributed by atoms with E-state index in [1.54, 1.807) is 25.1 Å². The fourth-order valence-corrected chi connectivity index (χ4v) is 4.33. The Bertz CT molecular complexity index is 1360. The molecule has 10 heteroatoms. The normalized spacial score (nSPS) is 12.9. The molecule has 1 aliphatic rings. The van der Waals surface area contributed by atoms with Crippen molar-refractivity contribution in [3.8, 4) is 34.5 Å². The van der Waals surface area contributed by atoms with Crippen molar-refractivity contribution in [1.29, 1.82) is 0 Å². The fourth-order valence-electron chi connectivity index (χ4n) is 4.33. The van der Waals surface area contributed by atoms with Gasteiger partial charge in [0.05, 0.1) is 26.2 Å². The van der Waals surface area contributed by atoms with E-state index in [1.165, 1.54) is 37.0 Å². The van der Waals surface area contributed by atoms with Crippen LogP contribution in [0.15, 0.2) is 41.2 Å². The Morgan fingerprint density at radius 1 is 1.06 bits per heavy atom. The van der Waals surface area contributed by atoms with E-state index in [1.807, 2.05) is 0 Å². The fraction of sp³-hybridized carbons (Fsp3) is 0.308. The Morgan fingerprint density at radius 3 is 2.53 bits per heavy atom. The van der Waals surface area contributed by atoms with Crippen LogP contribution in [-0.4, -0.2) is 46.9 Å². The van der Waals surface area contributed by atoms with Crippen LogP contribution in [0.1, 0.15) is 34.7 Å². The smallest absolute Gasteiger partial charge is 0.306 e. The van der Waals surface area contributed by atoms with Crippen LogP contribution in [0.3, 0.4) is 0 Å². The van der Waals surface area contributed by atoms with Gasteiger partial charge in [-0.15, -0.1) is 0 Å². The summed E-state index contributed by atoms with van der Waals surface area (Å²) in [6.45, 7) is 1.93. The molecule has 4 rings (SSSR count). The van der Waals surface area contributed by atoms with E-state index in [4.69, 9.17) is 18.9 Å². The van der Waals surface area contributed by atoms with Gasteiger partial charge < -0.3 is 38.8 Å². The number of aryl methyl sites for hydroxylation is 2. The van der Waals surface area contributed by atoms with Crippen LogP contribution in [0.4, 0.5) is 0 Å². The summed E-state index contributed by atoms with van der Waals surface area (Å²) in [5.41, 5.74) is 1.29. The Kier molecular flexibility index (Phi) is 6.96. The third-order valence-electron chi connectivity index (χ3n) is 6.22. The molecule has 1 aliphatic heterocycles. The second kappa shape index (κ2) is 10.1. The quantitative estimate of drug-likeness (QED) is 0.317. The Morgan fingerprint density at radius 2 is 1.83 bits per heavy atom. The zero-order valence-electron chi connectivity index (χ0n) is 20.1. The lowest BCUT2D eigenvalue weighted by Crippen LogP contribution is -2.29. The maximum atomic E-state index is 13.7. The standard InChI is InChI=1S/C26H27NO9/c1-14-8-20(30)24(26(32)27(14)7-6-15-4-5-18(28)19(29)9-15)17(12-23(31)34-3)16-10-21(33-2)25-22(11-16)35-13-36-25/h4-5,8-11,17,28-30H,6-7,12-13H2,1-3H3/t17-/m0/s1. The summed E-state index contributed by atoms with van der Waals surface area (Å²) in [6, 6.07) is 9.22. The van der Waals surface area contributed by atoms with Crippen LogP contribution in [0.5, 0.6) is 34.5 Å². The molecule has 3 aromatic rings. The number of benzene rings is 2. The molecule has 0 bridgehead atoms. The molecule has 190 valence electrons. The Labute approximate surface area is 206 Å². The molecule has 0 amide bonds. The lowest BCUT2D eigenvalue weighted by Gasteiger charge is -2.21. The van der Waals surface area contributed by atoms with E-state index in [0.717, 1.165) is 0 Å². The zero-order chi connectivity index (χ0) is 26.0. The minimum absolute atomic E-state index is 0.00617. The first-order chi connectivity index (χ1) is 17.2. The number of aromatic hydroxyl groups is 3. The number of phenols is 2. The summed E-state index contributed by atoms with van der Waals surface area (Å²) in [5.74, 6) is -0.976. The summed E-state index contributed by atoms with van der Waals surface area (Å²) < 4.78 is 22.7. The van der Waals surface area contributed by atoms with Gasteiger partial charge >= 0.3 is 5.97 Å². The molecule has 10 nitrogen and oxygen atoms in total. The van der Waals surface area contributed by atoms with Crippen molar-refractivity contribution < 1.29 is 39.1 Å². The van der Waals surface area contributed by atoms with Gasteiger partial charge in [-0.2, -0.15) is 0 Å². The summed E-state index contributed by atoms with van der Waals surface area (Å²) in [5, 5.41) is 30.2. The number of rotatable bonds is 8. The summed E-state index contributed by atoms with van der Waals surface area (Å²) >= 11 is 0. The highest BCUT2D eigenvalue weighted by Crippen LogP contribution is 2.45. The second-order valence-corrected chi connectivity index (χ2v) is 8.40. The molecule has 0 unspecified atom stereocenters. The largest absolute Gasteiger partial charge is 0.507 e. The van der Waals surface area contributed by atoms with Crippen LogP contribution in [0.2, 0.25) is 0 Å². The molecule has 2 heterocycles. The molecule has 1 atom stereocenters. The molecule has 0 radical (unpaired) electrons. The first-order valence-corrected chi connectivity index (χ1v) is 11.2. The number of pyridine rings is 1. The SMILES string of the molecule is COC(=O)C[C@@H](c1cc(OC)c2c(c1)OCO2)c1c(O)cc(C)n(CCc2ccc(O)c(O)c2)c1=O. The molecule has 0 aliphatic carbocycles. The van der Waals surface area contributed by atoms with Gasteiger partial charge in [0.2, 0.25) is 12.5 Å². The van der Waals surface area contributed by atoms with Crippen molar-refractivity contribution in [2.24, 2.45) is 0 Å². The van der Waals surface area contributed by atoms with E-state index >= 15 is 0 Å². The molecule has 0 saturated heterocycles. The van der Waals surface area contributed by atoms with E-state index < -0.39 is 17.4 Å². The number of carbonyl (C=O) groups is 1. The average molecular weight is 498 g/mol. The van der Waals surface area contributed by atoms with Crippen molar-refractivity contribution >= 4 is 5.97 Å². The van der Waals surface area contributed by atoms with Gasteiger partial charge in [-0.1, -0.05) is 6.07 Å². The number of aromatic nitrogens is 1. The molecule has 0 spiro atoms. The second-order valence-electron chi connectivity index (χ2n) is 8.40. The van der Waals surface area contributed by atoms with E-state index in [2.05, 4.69) is 0 Å². The van der Waals surface area contributed by atoms with Crippen molar-refractivity contribution in [1.82, 2.24) is 4.57 Å². The highest BCUT2D eigenvalue weighted by atomic mass is 16.7. The molecule has 2 aromatic carbocycles. The zero-order valence-corrected chi connectivity index (χ0v) is 20.1. The number of hydrogen-bond donors (Lipinski definition) is 3. The minimum atomic E-state index is -0.863. The maximum absolute atomic E-state index is 13.7. The molecule has 36 heavy (non-hydrogen) atoms. The lowest BCUT2D eigenvalue weighted by atomic mass is 9.87. The number of nitrogens with zero attached hydrogens (tertiary/aromatic N) is 1. The summed E-state index contributed by atoms with van der Waals surface area (Å²) in [4.78, 5) is 26.1. The molecule has 3 N–H and O–H groups in total. The number of carbonyl (C=O) groups excluding carboxylic acids is 1. The highest BCUT2D eigenvalue weighted by Gasteiger charge is 2.30. The van der Waals surface area contributed by atoms with Crippen molar-refractivity contribution in [2.45, 2.75) is 32.2 Å². The number of phenolic OH excluding ortho intramolecular Hbond substituents is 2. The number of esters is 1. The summed E-state index contributed by atoms with van der Waals surface area (Å²) in [7, 11) is 2.72.